The van der Waals surface area contributed by atoms with Gasteiger partial charge in [0.2, 0.25) is 0 Å². The van der Waals surface area contributed by atoms with E-state index in [0.717, 1.165) is 44.3 Å². The second-order valence-electron chi connectivity index (χ2n) is 6.60. The molecule has 0 bridgehead atoms. The first-order chi connectivity index (χ1) is 11.7. The van der Waals surface area contributed by atoms with E-state index < -0.39 is 0 Å². The number of piperazine rings is 1. The third kappa shape index (κ3) is 6.65. The van der Waals surface area contributed by atoms with E-state index >= 15 is 0 Å². The Balaban J connectivity index is 1.55. The molecule has 0 radical (unpaired) electrons. The largest absolute Gasteiger partial charge is 0.370 e. The first-order valence-electron chi connectivity index (χ1n) is 9.01. The maximum Gasteiger partial charge on any atom is 0.191 e. The molecule has 1 fully saturated rings. The number of hydrogen-bond donors (Lipinski definition) is 1. The van der Waals surface area contributed by atoms with Crippen molar-refractivity contribution in [2.45, 2.75) is 32.1 Å². The molecule has 2 N–H and O–H groups in total. The number of nitrogens with two attached hydrogens (primary N) is 1. The van der Waals surface area contributed by atoms with Gasteiger partial charge in [0, 0.05) is 44.3 Å². The lowest BCUT2D eigenvalue weighted by molar-refractivity contribution is 0.380. The van der Waals surface area contributed by atoms with Crippen molar-refractivity contribution in [2.24, 2.45) is 10.7 Å². The Hall–Kier alpha value is -1.34. The molecule has 0 amide bonds. The molecular formula is C17H32N6S. The Kier molecular flexibility index (Phi) is 8.32. The Morgan fingerprint density at radius 2 is 1.88 bits per heavy atom. The topological polar surface area (TPSA) is 61.0 Å². The lowest BCUT2D eigenvalue weighted by Gasteiger charge is -2.35. The highest BCUT2D eigenvalue weighted by molar-refractivity contribution is 7.13. The number of nitrogens with zero attached hydrogens (tertiary/aromatic N) is 5. The van der Waals surface area contributed by atoms with Crippen LogP contribution in [0.3, 0.4) is 0 Å². The highest BCUT2D eigenvalue weighted by atomic mass is 32.1. The second-order valence-corrected chi connectivity index (χ2v) is 7.47. The van der Waals surface area contributed by atoms with E-state index in [1.165, 1.54) is 32.2 Å². The summed E-state index contributed by atoms with van der Waals surface area (Å²) in [4.78, 5) is 15.7. The molecule has 1 aromatic heterocycles. The molecule has 1 saturated heterocycles. The van der Waals surface area contributed by atoms with Gasteiger partial charge < -0.3 is 20.4 Å². The second kappa shape index (κ2) is 10.5. The van der Waals surface area contributed by atoms with E-state index in [1.807, 2.05) is 11.6 Å². The predicted octanol–water partition coefficient (Wildman–Crippen LogP) is 2.09. The van der Waals surface area contributed by atoms with Crippen LogP contribution in [-0.4, -0.2) is 74.1 Å². The minimum atomic E-state index is 0.710. The maximum absolute atomic E-state index is 6.15. The van der Waals surface area contributed by atoms with Crippen LogP contribution in [0.25, 0.3) is 0 Å². The Morgan fingerprint density at radius 3 is 2.54 bits per heavy atom. The van der Waals surface area contributed by atoms with Crippen LogP contribution in [-0.2, 0) is 0 Å². The molecule has 6 nitrogen and oxygen atoms in total. The van der Waals surface area contributed by atoms with Crippen LogP contribution in [0.2, 0.25) is 0 Å². The quantitative estimate of drug-likeness (QED) is 0.419. The summed E-state index contributed by atoms with van der Waals surface area (Å²) in [7, 11) is 4.27. The van der Waals surface area contributed by atoms with Crippen LogP contribution in [0.15, 0.2) is 16.6 Å². The lowest BCUT2D eigenvalue weighted by Crippen LogP contribution is -2.51. The summed E-state index contributed by atoms with van der Waals surface area (Å²) in [6, 6.07) is 0. The molecule has 0 spiro atoms. The molecule has 0 saturated carbocycles. The minimum absolute atomic E-state index is 0.710. The van der Waals surface area contributed by atoms with Gasteiger partial charge in [-0.25, -0.2) is 4.98 Å². The van der Waals surface area contributed by atoms with Crippen molar-refractivity contribution in [3.05, 3.63) is 11.6 Å². The van der Waals surface area contributed by atoms with Crippen molar-refractivity contribution in [2.75, 3.05) is 58.3 Å². The number of aliphatic imine (C=N–C) groups is 1. The van der Waals surface area contributed by atoms with E-state index in [1.54, 1.807) is 11.3 Å². The SMILES string of the molecule is CN(C)CCCCCCCN=C(N)N1CCN(c2nccs2)CC1. The molecule has 0 aliphatic carbocycles. The fraction of sp³-hybridized carbons (Fsp3) is 0.765. The van der Waals surface area contributed by atoms with Crippen LogP contribution < -0.4 is 10.6 Å². The highest BCUT2D eigenvalue weighted by Crippen LogP contribution is 2.18. The summed E-state index contributed by atoms with van der Waals surface area (Å²) in [6.45, 7) is 5.84. The van der Waals surface area contributed by atoms with Crippen LogP contribution >= 0.6 is 11.3 Å². The maximum atomic E-state index is 6.15. The number of aromatic nitrogens is 1. The standard InChI is InChI=1S/C17H32N6S/c1-21(2)10-7-5-3-4-6-8-19-16(18)22-11-13-23(14-12-22)17-20-9-15-24-17/h9,15H,3-8,10-14H2,1-2H3,(H2,18,19). The molecule has 2 rings (SSSR count). The first-order valence-corrected chi connectivity index (χ1v) is 9.89. The van der Waals surface area contributed by atoms with Gasteiger partial charge in [-0.15, -0.1) is 11.3 Å². The third-order valence-electron chi connectivity index (χ3n) is 4.33. The zero-order valence-electron chi connectivity index (χ0n) is 15.2. The van der Waals surface area contributed by atoms with Gasteiger partial charge in [-0.05, 0) is 33.5 Å². The van der Waals surface area contributed by atoms with Gasteiger partial charge in [-0.1, -0.05) is 19.3 Å². The third-order valence-corrected chi connectivity index (χ3v) is 5.16. The molecule has 24 heavy (non-hydrogen) atoms. The highest BCUT2D eigenvalue weighted by Gasteiger charge is 2.19. The number of rotatable bonds is 9. The molecule has 0 unspecified atom stereocenters. The molecular weight excluding hydrogens is 320 g/mol. The Bertz CT molecular complexity index is 465. The van der Waals surface area contributed by atoms with E-state index in [4.69, 9.17) is 5.73 Å². The molecule has 1 aliphatic heterocycles. The summed E-state index contributed by atoms with van der Waals surface area (Å²) in [5, 5.41) is 3.14. The van der Waals surface area contributed by atoms with Crippen LogP contribution in [0, 0.1) is 0 Å². The lowest BCUT2D eigenvalue weighted by atomic mass is 10.1. The number of hydrogen-bond acceptors (Lipinski definition) is 5. The number of guanidine groups is 1. The number of unbranched alkanes of at least 4 members (excludes halogenated alkanes) is 4. The van der Waals surface area contributed by atoms with Crippen LogP contribution in [0.4, 0.5) is 5.13 Å². The molecule has 0 atom stereocenters. The van der Waals surface area contributed by atoms with Gasteiger partial charge in [-0.3, -0.25) is 4.99 Å². The van der Waals surface area contributed by atoms with Gasteiger partial charge in [0.1, 0.15) is 0 Å². The molecule has 7 heteroatoms. The van der Waals surface area contributed by atoms with E-state index in [-0.39, 0.29) is 0 Å². The van der Waals surface area contributed by atoms with Gasteiger partial charge in [0.25, 0.3) is 0 Å². The van der Waals surface area contributed by atoms with Crippen molar-refractivity contribution in [1.82, 2.24) is 14.8 Å². The average Bonchev–Trinajstić information content (AvgIpc) is 3.11. The zero-order chi connectivity index (χ0) is 17.2. The van der Waals surface area contributed by atoms with Gasteiger partial charge >= 0.3 is 0 Å². The molecule has 1 aliphatic rings. The van der Waals surface area contributed by atoms with E-state index in [2.05, 4.69) is 38.8 Å². The summed E-state index contributed by atoms with van der Waals surface area (Å²) < 4.78 is 0. The van der Waals surface area contributed by atoms with E-state index in [9.17, 15) is 0 Å². The Labute approximate surface area is 150 Å². The van der Waals surface area contributed by atoms with Crippen LogP contribution in [0.5, 0.6) is 0 Å². The van der Waals surface area contributed by atoms with Crippen molar-refractivity contribution < 1.29 is 0 Å². The number of thiazole rings is 1. The zero-order valence-corrected chi connectivity index (χ0v) is 16.0. The summed E-state index contributed by atoms with van der Waals surface area (Å²) in [6.07, 6.45) is 8.17. The van der Waals surface area contributed by atoms with Crippen molar-refractivity contribution in [1.29, 1.82) is 0 Å². The molecule has 1 aromatic rings. The minimum Gasteiger partial charge on any atom is -0.370 e. The van der Waals surface area contributed by atoms with Gasteiger partial charge in [0.05, 0.1) is 0 Å². The smallest absolute Gasteiger partial charge is 0.191 e. The van der Waals surface area contributed by atoms with E-state index in [0.29, 0.717) is 5.96 Å². The Morgan fingerprint density at radius 1 is 1.17 bits per heavy atom. The molecule has 2 heterocycles. The molecule has 136 valence electrons. The van der Waals surface area contributed by atoms with Gasteiger partial charge in [0.15, 0.2) is 11.1 Å². The fourth-order valence-electron chi connectivity index (χ4n) is 2.86. The summed E-state index contributed by atoms with van der Waals surface area (Å²) >= 11 is 1.70. The van der Waals surface area contributed by atoms with Crippen molar-refractivity contribution in [3.8, 4) is 0 Å². The van der Waals surface area contributed by atoms with Crippen molar-refractivity contribution in [3.63, 3.8) is 0 Å². The monoisotopic (exact) mass is 352 g/mol. The van der Waals surface area contributed by atoms with Crippen molar-refractivity contribution >= 4 is 22.4 Å². The van der Waals surface area contributed by atoms with Crippen LogP contribution in [0.1, 0.15) is 32.1 Å². The normalized spacial score (nSPS) is 16.2. The predicted molar refractivity (Wildman–Crippen MR) is 104 cm³/mol. The summed E-state index contributed by atoms with van der Waals surface area (Å²) in [5.41, 5.74) is 6.15. The fourth-order valence-corrected chi connectivity index (χ4v) is 3.56. The first kappa shape index (κ1) is 19.0. The number of anilines is 1. The van der Waals surface area contributed by atoms with Gasteiger partial charge in [-0.2, -0.15) is 0 Å². The molecule has 0 aromatic carbocycles. The summed E-state index contributed by atoms with van der Waals surface area (Å²) in [5.74, 6) is 0.710. The average molecular weight is 353 g/mol.